The number of aromatic amines is 1. The highest BCUT2D eigenvalue weighted by atomic mass is 32.1. The Morgan fingerprint density at radius 2 is 1.95 bits per heavy atom. The number of nitrogens with zero attached hydrogens (tertiary/aromatic N) is 2. The molecule has 0 amide bonds. The van der Waals surface area contributed by atoms with Crippen molar-refractivity contribution in [3.8, 4) is 11.4 Å². The predicted octanol–water partition coefficient (Wildman–Crippen LogP) is 3.63. The molecule has 3 rings (SSSR count). The van der Waals surface area contributed by atoms with Crippen LogP contribution in [0.2, 0.25) is 0 Å². The SMILES string of the molecule is CC(=O)Oc1ccc(-n2nc(C)c3c(=S)[nH]c(C)cc32)cc1. The van der Waals surface area contributed by atoms with Crippen LogP contribution in [-0.4, -0.2) is 20.7 Å². The number of rotatable bonds is 2. The number of fused-ring (bicyclic) bond motifs is 1. The Morgan fingerprint density at radius 1 is 1.27 bits per heavy atom. The number of ether oxygens (including phenoxy) is 1. The second-order valence-electron chi connectivity index (χ2n) is 5.13. The van der Waals surface area contributed by atoms with Gasteiger partial charge in [0.1, 0.15) is 10.4 Å². The molecule has 5 nitrogen and oxygen atoms in total. The monoisotopic (exact) mass is 313 g/mol. The molecule has 2 heterocycles. The fourth-order valence-corrected chi connectivity index (χ4v) is 2.87. The number of aryl methyl sites for hydroxylation is 2. The summed E-state index contributed by atoms with van der Waals surface area (Å²) in [7, 11) is 0. The van der Waals surface area contributed by atoms with E-state index in [1.54, 1.807) is 12.1 Å². The van der Waals surface area contributed by atoms with Gasteiger partial charge in [0.15, 0.2) is 0 Å². The van der Waals surface area contributed by atoms with Gasteiger partial charge >= 0.3 is 5.97 Å². The molecule has 0 saturated carbocycles. The lowest BCUT2D eigenvalue weighted by Gasteiger charge is -2.06. The molecule has 0 radical (unpaired) electrons. The third-order valence-electron chi connectivity index (χ3n) is 3.33. The van der Waals surface area contributed by atoms with Gasteiger partial charge in [0, 0.05) is 12.6 Å². The molecule has 3 aromatic rings. The molecule has 0 spiro atoms. The maximum atomic E-state index is 11.0. The highest BCUT2D eigenvalue weighted by Crippen LogP contribution is 2.24. The van der Waals surface area contributed by atoms with Crippen LogP contribution in [0, 0.1) is 18.5 Å². The Balaban J connectivity index is 2.14. The van der Waals surface area contributed by atoms with Gasteiger partial charge in [0.25, 0.3) is 0 Å². The second kappa shape index (κ2) is 5.38. The van der Waals surface area contributed by atoms with Crippen LogP contribution in [0.4, 0.5) is 0 Å². The number of esters is 1. The van der Waals surface area contributed by atoms with Crippen LogP contribution < -0.4 is 4.74 Å². The van der Waals surface area contributed by atoms with Crippen molar-refractivity contribution >= 4 is 29.1 Å². The third-order valence-corrected chi connectivity index (χ3v) is 3.64. The maximum absolute atomic E-state index is 11.0. The average molecular weight is 313 g/mol. The number of carbonyl (C=O) groups is 1. The first kappa shape index (κ1) is 14.5. The first-order valence-electron chi connectivity index (χ1n) is 6.84. The van der Waals surface area contributed by atoms with E-state index >= 15 is 0 Å². The molecule has 0 unspecified atom stereocenters. The van der Waals surface area contributed by atoms with E-state index in [-0.39, 0.29) is 5.97 Å². The number of aromatic nitrogens is 3. The van der Waals surface area contributed by atoms with Crippen molar-refractivity contribution in [3.05, 3.63) is 46.4 Å². The van der Waals surface area contributed by atoms with Crippen LogP contribution in [0.25, 0.3) is 16.6 Å². The van der Waals surface area contributed by atoms with Crippen LogP contribution in [0.5, 0.6) is 5.75 Å². The first-order valence-corrected chi connectivity index (χ1v) is 7.24. The summed E-state index contributed by atoms with van der Waals surface area (Å²) in [6.07, 6.45) is 0. The van der Waals surface area contributed by atoms with Crippen molar-refractivity contribution in [1.82, 2.24) is 14.8 Å². The van der Waals surface area contributed by atoms with Gasteiger partial charge < -0.3 is 9.72 Å². The van der Waals surface area contributed by atoms with E-state index in [0.717, 1.165) is 28.0 Å². The molecule has 0 aliphatic carbocycles. The van der Waals surface area contributed by atoms with Gasteiger partial charge in [-0.25, -0.2) is 4.68 Å². The Kier molecular flexibility index (Phi) is 3.54. The van der Waals surface area contributed by atoms with Crippen LogP contribution >= 0.6 is 12.2 Å². The third kappa shape index (κ3) is 2.53. The summed E-state index contributed by atoms with van der Waals surface area (Å²) in [6.45, 7) is 5.28. The number of carbonyl (C=O) groups excluding carboxylic acids is 1. The fraction of sp³-hybridized carbons (Fsp3) is 0.188. The molecule has 0 aliphatic heterocycles. The molecule has 22 heavy (non-hydrogen) atoms. The summed E-state index contributed by atoms with van der Waals surface area (Å²) in [5.41, 5.74) is 3.70. The molecule has 0 atom stereocenters. The average Bonchev–Trinajstić information content (AvgIpc) is 2.76. The van der Waals surface area contributed by atoms with Crippen LogP contribution in [-0.2, 0) is 4.79 Å². The zero-order chi connectivity index (χ0) is 15.9. The second-order valence-corrected chi connectivity index (χ2v) is 5.53. The molecule has 6 heteroatoms. The van der Waals surface area contributed by atoms with Gasteiger partial charge in [-0.15, -0.1) is 0 Å². The number of hydrogen-bond acceptors (Lipinski definition) is 4. The summed E-state index contributed by atoms with van der Waals surface area (Å²) < 4.78 is 7.58. The molecule has 0 aliphatic rings. The van der Waals surface area contributed by atoms with E-state index in [1.807, 2.05) is 36.7 Å². The van der Waals surface area contributed by atoms with Gasteiger partial charge in [-0.3, -0.25) is 4.79 Å². The summed E-state index contributed by atoms with van der Waals surface area (Å²) in [4.78, 5) is 14.1. The lowest BCUT2D eigenvalue weighted by atomic mass is 10.2. The first-order chi connectivity index (χ1) is 10.5. The van der Waals surface area contributed by atoms with Crippen molar-refractivity contribution < 1.29 is 9.53 Å². The van der Waals surface area contributed by atoms with Crippen molar-refractivity contribution in [2.24, 2.45) is 0 Å². The number of benzene rings is 1. The molecule has 2 aromatic heterocycles. The van der Waals surface area contributed by atoms with E-state index in [0.29, 0.717) is 10.4 Å². The van der Waals surface area contributed by atoms with Gasteiger partial charge in [0.05, 0.1) is 22.3 Å². The lowest BCUT2D eigenvalue weighted by molar-refractivity contribution is -0.131. The quantitative estimate of drug-likeness (QED) is 0.446. The molecule has 0 saturated heterocycles. The van der Waals surface area contributed by atoms with Crippen molar-refractivity contribution in [2.45, 2.75) is 20.8 Å². The smallest absolute Gasteiger partial charge is 0.308 e. The highest BCUT2D eigenvalue weighted by molar-refractivity contribution is 7.71. The van der Waals surface area contributed by atoms with Gasteiger partial charge in [0.2, 0.25) is 0 Å². The number of pyridine rings is 1. The highest BCUT2D eigenvalue weighted by Gasteiger charge is 2.11. The number of hydrogen-bond donors (Lipinski definition) is 1. The largest absolute Gasteiger partial charge is 0.427 e. The molecule has 1 aromatic carbocycles. The fourth-order valence-electron chi connectivity index (χ4n) is 2.46. The minimum absolute atomic E-state index is 0.338. The molecule has 112 valence electrons. The van der Waals surface area contributed by atoms with E-state index in [4.69, 9.17) is 17.0 Å². The normalized spacial score (nSPS) is 10.9. The maximum Gasteiger partial charge on any atom is 0.308 e. The zero-order valence-electron chi connectivity index (χ0n) is 12.5. The Hall–Kier alpha value is -2.47. The van der Waals surface area contributed by atoms with E-state index in [9.17, 15) is 4.79 Å². The zero-order valence-corrected chi connectivity index (χ0v) is 13.3. The number of H-pyrrole nitrogens is 1. The minimum atomic E-state index is -0.338. The Morgan fingerprint density at radius 3 is 2.59 bits per heavy atom. The van der Waals surface area contributed by atoms with Crippen LogP contribution in [0.1, 0.15) is 18.3 Å². The minimum Gasteiger partial charge on any atom is -0.427 e. The van der Waals surface area contributed by atoms with Gasteiger partial charge in [-0.05, 0) is 44.2 Å². The molecular formula is C16H15N3O2S. The summed E-state index contributed by atoms with van der Waals surface area (Å²) in [6, 6.07) is 9.23. The van der Waals surface area contributed by atoms with Gasteiger partial charge in [-0.1, -0.05) is 12.2 Å². The summed E-state index contributed by atoms with van der Waals surface area (Å²) in [5, 5.41) is 5.52. The molecule has 0 fully saturated rings. The number of nitrogens with one attached hydrogen (secondary N) is 1. The Bertz CT molecular complexity index is 923. The molecule has 0 bridgehead atoms. The standard InChI is InChI=1S/C16H15N3O2S/c1-9-8-14-15(16(22)17-9)10(2)18-19(14)12-4-6-13(7-5-12)21-11(3)20/h4-8H,1-3H3,(H,17,22). The van der Waals surface area contributed by atoms with E-state index in [1.165, 1.54) is 6.92 Å². The molecular weight excluding hydrogens is 298 g/mol. The van der Waals surface area contributed by atoms with Crippen molar-refractivity contribution in [1.29, 1.82) is 0 Å². The van der Waals surface area contributed by atoms with Crippen LogP contribution in [0.15, 0.2) is 30.3 Å². The van der Waals surface area contributed by atoms with Crippen molar-refractivity contribution in [2.75, 3.05) is 0 Å². The Labute approximate surface area is 132 Å². The predicted molar refractivity (Wildman–Crippen MR) is 87.0 cm³/mol. The van der Waals surface area contributed by atoms with Crippen LogP contribution in [0.3, 0.4) is 0 Å². The van der Waals surface area contributed by atoms with E-state index in [2.05, 4.69) is 10.1 Å². The van der Waals surface area contributed by atoms with E-state index < -0.39 is 0 Å². The summed E-state index contributed by atoms with van der Waals surface area (Å²) >= 11 is 5.39. The van der Waals surface area contributed by atoms with Crippen molar-refractivity contribution in [3.63, 3.8) is 0 Å². The molecule has 1 N–H and O–H groups in total. The topological polar surface area (TPSA) is 59.9 Å². The van der Waals surface area contributed by atoms with Gasteiger partial charge in [-0.2, -0.15) is 5.10 Å². The summed E-state index contributed by atoms with van der Waals surface area (Å²) in [5.74, 6) is 0.174. The lowest BCUT2D eigenvalue weighted by Crippen LogP contribution is -2.02.